The van der Waals surface area contributed by atoms with Crippen LogP contribution in [-0.2, 0) is 0 Å². The van der Waals surface area contributed by atoms with E-state index in [2.05, 4.69) is 76.8 Å². The van der Waals surface area contributed by atoms with E-state index in [1.54, 1.807) is 0 Å². The molecular weight excluding hydrogens is 432 g/mol. The first-order valence-electron chi connectivity index (χ1n) is 12.8. The van der Waals surface area contributed by atoms with Gasteiger partial charge in [-0.3, -0.25) is 4.79 Å². The minimum atomic E-state index is -0.0689. The maximum atomic E-state index is 12.8. The molecule has 1 aliphatic heterocycles. The lowest BCUT2D eigenvalue weighted by Crippen LogP contribution is -2.44. The Bertz CT molecular complexity index is 1110. The van der Waals surface area contributed by atoms with Gasteiger partial charge in [0, 0.05) is 43.1 Å². The average molecular weight is 469 g/mol. The molecule has 5 nitrogen and oxygen atoms in total. The number of likely N-dealkylation sites (N-methyl/N-ethyl adjacent to an activating group) is 1. The predicted octanol–water partition coefficient (Wildman–Crippen LogP) is 4.93. The summed E-state index contributed by atoms with van der Waals surface area (Å²) in [6.07, 6.45) is 2.35. The van der Waals surface area contributed by atoms with Gasteiger partial charge in [0.1, 0.15) is 0 Å². The minimum Gasteiger partial charge on any atom is -0.369 e. The molecule has 1 heterocycles. The third-order valence-electron chi connectivity index (χ3n) is 7.66. The molecule has 3 unspecified atom stereocenters. The molecule has 1 aliphatic carbocycles. The van der Waals surface area contributed by atoms with Crippen molar-refractivity contribution in [2.24, 2.45) is 11.7 Å². The second-order valence-electron chi connectivity index (χ2n) is 10.1. The third-order valence-corrected chi connectivity index (χ3v) is 7.66. The van der Waals surface area contributed by atoms with Crippen LogP contribution in [-0.4, -0.2) is 50.6 Å². The van der Waals surface area contributed by atoms with E-state index in [0.717, 1.165) is 38.3 Å². The van der Waals surface area contributed by atoms with Crippen molar-refractivity contribution in [3.63, 3.8) is 0 Å². The number of rotatable bonds is 8. The van der Waals surface area contributed by atoms with Crippen LogP contribution in [0.15, 0.2) is 78.9 Å². The van der Waals surface area contributed by atoms with E-state index in [1.165, 1.54) is 23.2 Å². The molecule has 0 radical (unpaired) electrons. The SMILES string of the molecule is CN1CCN(c2ccc(C(=O)Nc3ccc(C4CC4CC(CN)c4ccccc4)cc3)cc2)CC1. The van der Waals surface area contributed by atoms with Crippen LogP contribution in [0.3, 0.4) is 0 Å². The van der Waals surface area contributed by atoms with Crippen LogP contribution < -0.4 is 16.0 Å². The highest BCUT2D eigenvalue weighted by atomic mass is 16.1. The summed E-state index contributed by atoms with van der Waals surface area (Å²) in [5.74, 6) is 1.63. The average Bonchev–Trinajstić information content (AvgIpc) is 3.68. The maximum absolute atomic E-state index is 12.8. The quantitative estimate of drug-likeness (QED) is 0.492. The lowest BCUT2D eigenvalue weighted by molar-refractivity contribution is 0.102. The smallest absolute Gasteiger partial charge is 0.255 e. The normalized spacial score (nSPS) is 20.9. The minimum absolute atomic E-state index is 0.0689. The lowest BCUT2D eigenvalue weighted by atomic mass is 9.92. The molecule has 3 aromatic carbocycles. The van der Waals surface area contributed by atoms with Gasteiger partial charge in [-0.15, -0.1) is 0 Å². The van der Waals surface area contributed by atoms with Crippen LogP contribution >= 0.6 is 0 Å². The first kappa shape index (κ1) is 23.6. The van der Waals surface area contributed by atoms with E-state index < -0.39 is 0 Å². The molecule has 3 N–H and O–H groups in total. The van der Waals surface area contributed by atoms with Gasteiger partial charge in [0.25, 0.3) is 5.91 Å². The molecule has 0 spiro atoms. The van der Waals surface area contributed by atoms with Crippen LogP contribution in [0.4, 0.5) is 11.4 Å². The number of hydrogen-bond donors (Lipinski definition) is 2. The Morgan fingerprint density at radius 3 is 2.29 bits per heavy atom. The standard InChI is InChI=1S/C30H36N4O/c1-33-15-17-34(18-16-33)28-13-9-24(10-14-28)30(35)32-27-11-7-23(8-12-27)29-20-25(29)19-26(21-31)22-5-3-2-4-6-22/h2-14,25-26,29H,15-21,31H2,1H3,(H,32,35). The van der Waals surface area contributed by atoms with Gasteiger partial charge in [0.2, 0.25) is 0 Å². The molecular formula is C30H36N4O. The summed E-state index contributed by atoms with van der Waals surface area (Å²) < 4.78 is 0. The number of benzene rings is 3. The van der Waals surface area contributed by atoms with Crippen LogP contribution in [0.25, 0.3) is 0 Å². The molecule has 2 fully saturated rings. The fraction of sp³-hybridized carbons (Fsp3) is 0.367. The molecule has 0 aromatic heterocycles. The Hall–Kier alpha value is -3.15. The zero-order chi connectivity index (χ0) is 24.2. The molecule has 5 heteroatoms. The van der Waals surface area contributed by atoms with Crippen molar-refractivity contribution >= 4 is 17.3 Å². The fourth-order valence-corrected chi connectivity index (χ4v) is 5.28. The molecule has 182 valence electrons. The summed E-state index contributed by atoms with van der Waals surface area (Å²) in [6.45, 7) is 4.88. The molecule has 1 saturated carbocycles. The highest BCUT2D eigenvalue weighted by molar-refractivity contribution is 6.04. The summed E-state index contributed by atoms with van der Waals surface area (Å²) in [7, 11) is 2.16. The number of nitrogens with zero attached hydrogens (tertiary/aromatic N) is 2. The van der Waals surface area contributed by atoms with Crippen molar-refractivity contribution in [3.8, 4) is 0 Å². The number of hydrogen-bond acceptors (Lipinski definition) is 4. The Morgan fingerprint density at radius 2 is 1.63 bits per heavy atom. The van der Waals surface area contributed by atoms with Crippen LogP contribution in [0.1, 0.15) is 46.2 Å². The van der Waals surface area contributed by atoms with Gasteiger partial charge in [-0.2, -0.15) is 0 Å². The highest BCUT2D eigenvalue weighted by Gasteiger charge is 2.39. The van der Waals surface area contributed by atoms with Gasteiger partial charge in [-0.1, -0.05) is 42.5 Å². The second-order valence-corrected chi connectivity index (χ2v) is 10.1. The van der Waals surface area contributed by atoms with Crippen molar-refractivity contribution in [1.82, 2.24) is 4.90 Å². The second kappa shape index (κ2) is 10.6. The van der Waals surface area contributed by atoms with Crippen molar-refractivity contribution in [2.75, 3.05) is 50.0 Å². The summed E-state index contributed by atoms with van der Waals surface area (Å²) in [4.78, 5) is 17.5. The van der Waals surface area contributed by atoms with Crippen LogP contribution in [0.2, 0.25) is 0 Å². The first-order valence-corrected chi connectivity index (χ1v) is 12.8. The zero-order valence-corrected chi connectivity index (χ0v) is 20.6. The molecule has 3 atom stereocenters. The number of nitrogens with two attached hydrogens (primary N) is 1. The summed E-state index contributed by atoms with van der Waals surface area (Å²) in [5.41, 5.74) is 11.5. The summed E-state index contributed by atoms with van der Waals surface area (Å²) in [6, 6.07) is 27.0. The van der Waals surface area contributed by atoms with Crippen molar-refractivity contribution < 1.29 is 4.79 Å². The third kappa shape index (κ3) is 5.75. The van der Waals surface area contributed by atoms with Crippen molar-refractivity contribution in [1.29, 1.82) is 0 Å². The number of nitrogens with one attached hydrogen (secondary N) is 1. The van der Waals surface area contributed by atoms with Crippen LogP contribution in [0.5, 0.6) is 0 Å². The highest BCUT2D eigenvalue weighted by Crippen LogP contribution is 2.52. The Labute approximate surface area is 208 Å². The zero-order valence-electron chi connectivity index (χ0n) is 20.6. The number of anilines is 2. The summed E-state index contributed by atoms with van der Waals surface area (Å²) >= 11 is 0. The van der Waals surface area contributed by atoms with E-state index in [4.69, 9.17) is 5.73 Å². The van der Waals surface area contributed by atoms with Gasteiger partial charge in [0.15, 0.2) is 0 Å². The number of carbonyl (C=O) groups is 1. The van der Waals surface area contributed by atoms with E-state index >= 15 is 0 Å². The van der Waals surface area contributed by atoms with Crippen molar-refractivity contribution in [3.05, 3.63) is 95.6 Å². The fourth-order valence-electron chi connectivity index (χ4n) is 5.28. The van der Waals surface area contributed by atoms with E-state index in [1.807, 2.05) is 24.3 Å². The number of carbonyl (C=O) groups excluding carboxylic acids is 1. The van der Waals surface area contributed by atoms with E-state index in [-0.39, 0.29) is 5.91 Å². The van der Waals surface area contributed by atoms with Crippen molar-refractivity contribution in [2.45, 2.75) is 24.7 Å². The van der Waals surface area contributed by atoms with Gasteiger partial charge >= 0.3 is 0 Å². The maximum Gasteiger partial charge on any atom is 0.255 e. The monoisotopic (exact) mass is 468 g/mol. The molecule has 3 aromatic rings. The molecule has 2 aliphatic rings. The van der Waals surface area contributed by atoms with E-state index in [0.29, 0.717) is 29.9 Å². The molecule has 1 amide bonds. The Kier molecular flexibility index (Phi) is 7.16. The number of piperazine rings is 1. The predicted molar refractivity (Wildman–Crippen MR) is 144 cm³/mol. The van der Waals surface area contributed by atoms with E-state index in [9.17, 15) is 4.79 Å². The van der Waals surface area contributed by atoms with Gasteiger partial charge in [0.05, 0.1) is 0 Å². The first-order chi connectivity index (χ1) is 17.1. The topological polar surface area (TPSA) is 61.6 Å². The Morgan fingerprint density at radius 1 is 0.943 bits per heavy atom. The molecule has 0 bridgehead atoms. The molecule has 35 heavy (non-hydrogen) atoms. The van der Waals surface area contributed by atoms with Crippen LogP contribution in [0, 0.1) is 5.92 Å². The molecule has 1 saturated heterocycles. The lowest BCUT2D eigenvalue weighted by Gasteiger charge is -2.34. The van der Waals surface area contributed by atoms with Gasteiger partial charge in [-0.25, -0.2) is 0 Å². The summed E-state index contributed by atoms with van der Waals surface area (Å²) in [5, 5.41) is 3.05. The number of amides is 1. The molecule has 5 rings (SSSR count). The Balaban J connectivity index is 1.14. The van der Waals surface area contributed by atoms with Gasteiger partial charge in [-0.05, 0) is 91.7 Å². The largest absolute Gasteiger partial charge is 0.369 e. The van der Waals surface area contributed by atoms with Gasteiger partial charge < -0.3 is 20.9 Å².